The van der Waals surface area contributed by atoms with Gasteiger partial charge in [-0.3, -0.25) is 0 Å². The van der Waals surface area contributed by atoms with Gasteiger partial charge < -0.3 is 14.6 Å². The molecule has 16 heavy (non-hydrogen) atoms. The third kappa shape index (κ3) is 2.23. The van der Waals surface area contributed by atoms with Gasteiger partial charge in [0.15, 0.2) is 11.5 Å². The van der Waals surface area contributed by atoms with Crippen LogP contribution in [0.4, 0.5) is 8.78 Å². The van der Waals surface area contributed by atoms with Crippen molar-refractivity contribution in [3.05, 3.63) is 23.8 Å². The molecule has 0 bridgehead atoms. The molecular formula is C11H8F2O3. The summed E-state index contributed by atoms with van der Waals surface area (Å²) >= 11 is 0. The van der Waals surface area contributed by atoms with E-state index < -0.39 is 6.29 Å². The van der Waals surface area contributed by atoms with E-state index in [0.29, 0.717) is 12.0 Å². The highest BCUT2D eigenvalue weighted by molar-refractivity contribution is 5.49. The van der Waals surface area contributed by atoms with Crippen molar-refractivity contribution in [3.63, 3.8) is 0 Å². The summed E-state index contributed by atoms with van der Waals surface area (Å²) in [5.41, 5.74) is 0.536. The molecule has 0 unspecified atom stereocenters. The highest BCUT2D eigenvalue weighted by Gasteiger charge is 2.43. The number of hydrogen-bond donors (Lipinski definition) is 1. The Labute approximate surface area is 90.6 Å². The maximum absolute atomic E-state index is 12.7. The van der Waals surface area contributed by atoms with Crippen LogP contribution >= 0.6 is 0 Å². The molecule has 2 rings (SSSR count). The van der Waals surface area contributed by atoms with Crippen LogP contribution in [0.1, 0.15) is 12.0 Å². The van der Waals surface area contributed by atoms with Gasteiger partial charge in [0.25, 0.3) is 0 Å². The number of ether oxygens (including phenoxy) is 2. The summed E-state index contributed by atoms with van der Waals surface area (Å²) in [5.74, 6) is 5.36. The lowest BCUT2D eigenvalue weighted by atomic mass is 10.2. The number of aliphatic hydroxyl groups is 1. The molecule has 0 atom stereocenters. The van der Waals surface area contributed by atoms with E-state index in [1.807, 2.05) is 0 Å². The molecule has 1 aromatic carbocycles. The fourth-order valence-corrected chi connectivity index (χ4v) is 1.25. The van der Waals surface area contributed by atoms with E-state index in [9.17, 15) is 8.78 Å². The van der Waals surface area contributed by atoms with Crippen LogP contribution in [0.5, 0.6) is 11.5 Å². The van der Waals surface area contributed by atoms with E-state index in [1.165, 1.54) is 12.1 Å². The number of fused-ring (bicyclic) bond motifs is 1. The van der Waals surface area contributed by atoms with Crippen molar-refractivity contribution in [2.24, 2.45) is 0 Å². The van der Waals surface area contributed by atoms with Gasteiger partial charge >= 0.3 is 6.29 Å². The zero-order valence-electron chi connectivity index (χ0n) is 8.17. The average Bonchev–Trinajstić information content (AvgIpc) is 2.51. The largest absolute Gasteiger partial charge is 0.586 e. The number of aliphatic hydroxyl groups excluding tert-OH is 1. The minimum absolute atomic E-state index is 0.00212. The van der Waals surface area contributed by atoms with E-state index in [0.717, 1.165) is 0 Å². The van der Waals surface area contributed by atoms with Crippen molar-refractivity contribution >= 4 is 0 Å². The quantitative estimate of drug-likeness (QED) is 0.741. The molecule has 0 aromatic heterocycles. The van der Waals surface area contributed by atoms with Crippen LogP contribution in [-0.4, -0.2) is 18.0 Å². The minimum atomic E-state index is -3.60. The fourth-order valence-electron chi connectivity index (χ4n) is 1.25. The summed E-state index contributed by atoms with van der Waals surface area (Å²) in [4.78, 5) is 0. The third-order valence-corrected chi connectivity index (χ3v) is 1.87. The lowest BCUT2D eigenvalue weighted by molar-refractivity contribution is -0.286. The monoisotopic (exact) mass is 226 g/mol. The molecule has 0 saturated heterocycles. The third-order valence-electron chi connectivity index (χ3n) is 1.87. The normalized spacial score (nSPS) is 15.4. The van der Waals surface area contributed by atoms with E-state index in [1.54, 1.807) is 6.07 Å². The summed E-state index contributed by atoms with van der Waals surface area (Å²) in [6, 6.07) is 4.30. The molecule has 0 spiro atoms. The second-order valence-electron chi connectivity index (χ2n) is 3.10. The predicted molar refractivity (Wildman–Crippen MR) is 51.2 cm³/mol. The van der Waals surface area contributed by atoms with Crippen molar-refractivity contribution in [2.75, 3.05) is 6.61 Å². The van der Waals surface area contributed by atoms with Crippen LogP contribution < -0.4 is 9.47 Å². The summed E-state index contributed by atoms with van der Waals surface area (Å²) in [5, 5.41) is 8.52. The maximum atomic E-state index is 12.7. The summed E-state index contributed by atoms with van der Waals surface area (Å²) < 4.78 is 33.8. The number of alkyl halides is 2. The minimum Gasteiger partial charge on any atom is -0.395 e. The van der Waals surface area contributed by atoms with Gasteiger partial charge in [-0.1, -0.05) is 11.8 Å². The van der Waals surface area contributed by atoms with Crippen molar-refractivity contribution in [3.8, 4) is 23.3 Å². The standard InChI is InChI=1S/C11H8F2O3/c12-11(13)15-9-5-4-8(3-1-2-6-14)7-10(9)16-11/h4-5,7,14H,2,6H2. The molecule has 1 aromatic rings. The van der Waals surface area contributed by atoms with Gasteiger partial charge in [0.05, 0.1) is 6.61 Å². The van der Waals surface area contributed by atoms with Crippen LogP contribution in [-0.2, 0) is 0 Å². The molecule has 84 valence electrons. The van der Waals surface area contributed by atoms with E-state index in [2.05, 4.69) is 21.3 Å². The Morgan fingerprint density at radius 2 is 2.00 bits per heavy atom. The first-order chi connectivity index (χ1) is 7.61. The van der Waals surface area contributed by atoms with Crippen LogP contribution in [0.3, 0.4) is 0 Å². The Hall–Kier alpha value is -1.80. The molecule has 1 aliphatic heterocycles. The van der Waals surface area contributed by atoms with Gasteiger partial charge in [0.1, 0.15) is 0 Å². The molecule has 5 heteroatoms. The van der Waals surface area contributed by atoms with Gasteiger partial charge in [-0.05, 0) is 12.1 Å². The Bertz CT molecular complexity index is 460. The molecule has 0 amide bonds. The van der Waals surface area contributed by atoms with Crippen molar-refractivity contribution in [2.45, 2.75) is 12.7 Å². The van der Waals surface area contributed by atoms with Gasteiger partial charge in [-0.2, -0.15) is 0 Å². The van der Waals surface area contributed by atoms with E-state index in [-0.39, 0.29) is 18.1 Å². The number of halogens is 2. The maximum Gasteiger partial charge on any atom is 0.586 e. The molecule has 0 fully saturated rings. The van der Waals surface area contributed by atoms with E-state index in [4.69, 9.17) is 5.11 Å². The van der Waals surface area contributed by atoms with Crippen LogP contribution in [0.15, 0.2) is 18.2 Å². The van der Waals surface area contributed by atoms with Crippen LogP contribution in [0.25, 0.3) is 0 Å². The Kier molecular flexibility index (Phi) is 2.67. The van der Waals surface area contributed by atoms with Crippen molar-refractivity contribution in [1.82, 2.24) is 0 Å². The summed E-state index contributed by atoms with van der Waals surface area (Å²) in [7, 11) is 0. The number of rotatable bonds is 1. The second kappa shape index (κ2) is 3.99. The first-order valence-electron chi connectivity index (χ1n) is 4.60. The van der Waals surface area contributed by atoms with E-state index >= 15 is 0 Å². The first-order valence-corrected chi connectivity index (χ1v) is 4.60. The van der Waals surface area contributed by atoms with Crippen LogP contribution in [0, 0.1) is 11.8 Å². The Morgan fingerprint density at radius 1 is 1.25 bits per heavy atom. The van der Waals surface area contributed by atoms with Crippen molar-refractivity contribution < 1.29 is 23.4 Å². The smallest absolute Gasteiger partial charge is 0.395 e. The van der Waals surface area contributed by atoms with Gasteiger partial charge in [0.2, 0.25) is 0 Å². The molecule has 0 aliphatic carbocycles. The lowest BCUT2D eigenvalue weighted by Crippen LogP contribution is -2.25. The molecular weight excluding hydrogens is 218 g/mol. The Balaban J connectivity index is 2.20. The summed E-state index contributed by atoms with van der Waals surface area (Å²) in [6.07, 6.45) is -3.26. The summed E-state index contributed by atoms with van der Waals surface area (Å²) in [6.45, 7) is -0.0321. The SMILES string of the molecule is OCCC#Cc1ccc2c(c1)OC(F)(F)O2. The predicted octanol–water partition coefficient (Wildman–Crippen LogP) is 1.74. The van der Waals surface area contributed by atoms with Gasteiger partial charge in [-0.15, -0.1) is 8.78 Å². The van der Waals surface area contributed by atoms with Crippen LogP contribution in [0.2, 0.25) is 0 Å². The highest BCUT2D eigenvalue weighted by atomic mass is 19.3. The Morgan fingerprint density at radius 3 is 2.75 bits per heavy atom. The molecule has 1 heterocycles. The molecule has 3 nitrogen and oxygen atoms in total. The lowest BCUT2D eigenvalue weighted by Gasteiger charge is -2.04. The first kappa shape index (κ1) is 10.7. The number of hydrogen-bond acceptors (Lipinski definition) is 3. The van der Waals surface area contributed by atoms with Gasteiger partial charge in [-0.25, -0.2) is 0 Å². The van der Waals surface area contributed by atoms with Crippen molar-refractivity contribution in [1.29, 1.82) is 0 Å². The van der Waals surface area contributed by atoms with Gasteiger partial charge in [0, 0.05) is 18.1 Å². The molecule has 0 saturated carbocycles. The highest BCUT2D eigenvalue weighted by Crippen LogP contribution is 2.40. The topological polar surface area (TPSA) is 38.7 Å². The molecule has 1 aliphatic rings. The molecule has 1 N–H and O–H groups in total. The second-order valence-corrected chi connectivity index (χ2v) is 3.10. The average molecular weight is 226 g/mol. The fraction of sp³-hybridized carbons (Fsp3) is 0.273. The zero-order valence-corrected chi connectivity index (χ0v) is 8.17. The zero-order chi connectivity index (χ0) is 11.6. The number of benzene rings is 1. The molecule has 0 radical (unpaired) electrons.